The smallest absolute Gasteiger partial charge is 0.122 e. The van der Waals surface area contributed by atoms with Crippen molar-refractivity contribution in [3.63, 3.8) is 0 Å². The van der Waals surface area contributed by atoms with Crippen LogP contribution in [-0.4, -0.2) is 48.3 Å². The molecule has 3 atom stereocenters. The van der Waals surface area contributed by atoms with Crippen LogP contribution >= 0.6 is 0 Å². The molecule has 3 aliphatic rings. The first kappa shape index (κ1) is 14.3. The van der Waals surface area contributed by atoms with Gasteiger partial charge in [0.25, 0.3) is 0 Å². The number of nitriles is 1. The number of hydrogen-bond donors (Lipinski definition) is 1. The molecule has 0 aromatic carbocycles. The number of morpholine rings is 1. The van der Waals surface area contributed by atoms with E-state index < -0.39 is 0 Å². The van der Waals surface area contributed by atoms with Gasteiger partial charge in [0.1, 0.15) is 5.54 Å². The van der Waals surface area contributed by atoms with Crippen LogP contribution in [0.5, 0.6) is 0 Å². The highest BCUT2D eigenvalue weighted by Gasteiger charge is 2.50. The van der Waals surface area contributed by atoms with Crippen molar-refractivity contribution in [1.29, 1.82) is 5.26 Å². The summed E-state index contributed by atoms with van der Waals surface area (Å²) in [4.78, 5) is 2.51. The molecule has 1 saturated heterocycles. The zero-order valence-corrected chi connectivity index (χ0v) is 12.8. The van der Waals surface area contributed by atoms with E-state index in [0.717, 1.165) is 26.1 Å². The van der Waals surface area contributed by atoms with Crippen molar-refractivity contribution in [2.45, 2.75) is 69.7 Å². The first-order valence-electron chi connectivity index (χ1n) is 8.21. The fourth-order valence-electron chi connectivity index (χ4n) is 3.42. The third-order valence-electron chi connectivity index (χ3n) is 5.02. The van der Waals surface area contributed by atoms with Gasteiger partial charge in [0.15, 0.2) is 0 Å². The lowest BCUT2D eigenvalue weighted by Crippen LogP contribution is -2.60. The van der Waals surface area contributed by atoms with Crippen molar-refractivity contribution in [3.8, 4) is 6.07 Å². The third kappa shape index (κ3) is 3.00. The maximum absolute atomic E-state index is 9.85. The van der Waals surface area contributed by atoms with Gasteiger partial charge in [-0.25, -0.2) is 0 Å². The van der Waals surface area contributed by atoms with Gasteiger partial charge in [-0.1, -0.05) is 6.92 Å². The van der Waals surface area contributed by atoms with Gasteiger partial charge in [-0.15, -0.1) is 0 Å². The molecule has 0 amide bonds. The van der Waals surface area contributed by atoms with Gasteiger partial charge < -0.3 is 4.74 Å². The zero-order valence-electron chi connectivity index (χ0n) is 12.8. The average molecular weight is 277 g/mol. The van der Waals surface area contributed by atoms with E-state index in [1.807, 2.05) is 0 Å². The summed E-state index contributed by atoms with van der Waals surface area (Å²) in [6.45, 7) is 7.00. The van der Waals surface area contributed by atoms with Gasteiger partial charge in [0, 0.05) is 25.2 Å². The first-order valence-corrected chi connectivity index (χ1v) is 8.21. The topological polar surface area (TPSA) is 48.3 Å². The molecule has 1 aliphatic heterocycles. The van der Waals surface area contributed by atoms with Crippen LogP contribution in [0.1, 0.15) is 46.0 Å². The fraction of sp³-hybridized carbons (Fsp3) is 0.938. The molecular weight excluding hydrogens is 250 g/mol. The Hall–Kier alpha value is -0.630. The number of ether oxygens (including phenoxy) is 1. The molecule has 0 radical (unpaired) electrons. The highest BCUT2D eigenvalue weighted by Crippen LogP contribution is 2.42. The Morgan fingerprint density at radius 1 is 1.35 bits per heavy atom. The second-order valence-electron chi connectivity index (χ2n) is 6.91. The lowest BCUT2D eigenvalue weighted by Gasteiger charge is -2.43. The van der Waals surface area contributed by atoms with Crippen LogP contribution in [0.2, 0.25) is 0 Å². The molecule has 2 saturated carbocycles. The summed E-state index contributed by atoms with van der Waals surface area (Å²) in [7, 11) is 0. The Morgan fingerprint density at radius 3 is 2.65 bits per heavy atom. The Kier molecular flexibility index (Phi) is 4.03. The van der Waals surface area contributed by atoms with Gasteiger partial charge in [-0.3, -0.25) is 10.2 Å². The van der Waals surface area contributed by atoms with E-state index in [9.17, 15) is 5.26 Å². The molecule has 0 aromatic heterocycles. The molecule has 1 heterocycles. The number of hydrogen-bond acceptors (Lipinski definition) is 4. The highest BCUT2D eigenvalue weighted by atomic mass is 16.5. The van der Waals surface area contributed by atoms with Gasteiger partial charge in [-0.2, -0.15) is 5.26 Å². The number of nitrogens with zero attached hydrogens (tertiary/aromatic N) is 2. The Morgan fingerprint density at radius 2 is 2.10 bits per heavy atom. The van der Waals surface area contributed by atoms with E-state index in [0.29, 0.717) is 18.0 Å². The van der Waals surface area contributed by atoms with Crippen molar-refractivity contribution < 1.29 is 4.74 Å². The lowest BCUT2D eigenvalue weighted by molar-refractivity contribution is -0.0627. The monoisotopic (exact) mass is 277 g/mol. The molecule has 112 valence electrons. The molecule has 4 nitrogen and oxygen atoms in total. The van der Waals surface area contributed by atoms with Crippen molar-refractivity contribution >= 4 is 0 Å². The fourth-order valence-corrected chi connectivity index (χ4v) is 3.42. The number of rotatable bonds is 6. The molecule has 0 bridgehead atoms. The quantitative estimate of drug-likeness (QED) is 0.805. The minimum absolute atomic E-state index is 0.286. The van der Waals surface area contributed by atoms with Crippen LogP contribution < -0.4 is 5.32 Å². The van der Waals surface area contributed by atoms with E-state index in [2.05, 4.69) is 30.1 Å². The Balaban J connectivity index is 1.72. The van der Waals surface area contributed by atoms with E-state index in [1.165, 1.54) is 25.7 Å². The summed E-state index contributed by atoms with van der Waals surface area (Å²) in [5, 5.41) is 13.5. The summed E-state index contributed by atoms with van der Waals surface area (Å²) in [5.74, 6) is 0.559. The molecule has 1 N–H and O–H groups in total. The van der Waals surface area contributed by atoms with E-state index in [-0.39, 0.29) is 11.6 Å². The van der Waals surface area contributed by atoms with Crippen LogP contribution in [0.15, 0.2) is 0 Å². The van der Waals surface area contributed by atoms with E-state index >= 15 is 0 Å². The second-order valence-corrected chi connectivity index (χ2v) is 6.91. The minimum Gasteiger partial charge on any atom is -0.376 e. The molecule has 2 aliphatic carbocycles. The Labute approximate surface area is 122 Å². The van der Waals surface area contributed by atoms with Crippen LogP contribution in [0, 0.1) is 17.2 Å². The predicted octanol–water partition coefficient (Wildman–Crippen LogP) is 1.91. The zero-order chi connectivity index (χ0) is 14.2. The van der Waals surface area contributed by atoms with Crippen molar-refractivity contribution in [1.82, 2.24) is 10.2 Å². The summed E-state index contributed by atoms with van der Waals surface area (Å²) < 4.78 is 5.78. The molecule has 4 heteroatoms. The van der Waals surface area contributed by atoms with Gasteiger partial charge in [-0.05, 0) is 44.9 Å². The molecular formula is C16H27N3O. The predicted molar refractivity (Wildman–Crippen MR) is 78.3 cm³/mol. The largest absolute Gasteiger partial charge is 0.376 e. The molecule has 0 spiro atoms. The van der Waals surface area contributed by atoms with E-state index in [1.54, 1.807) is 0 Å². The highest BCUT2D eigenvalue weighted by molar-refractivity contribution is 5.19. The van der Waals surface area contributed by atoms with Gasteiger partial charge in [0.2, 0.25) is 0 Å². The third-order valence-corrected chi connectivity index (χ3v) is 5.02. The SMILES string of the molecule is CCC1COC(C)CN1CC(C#N)(NC1CC1)C1CC1. The lowest BCUT2D eigenvalue weighted by atomic mass is 9.92. The molecule has 20 heavy (non-hydrogen) atoms. The van der Waals surface area contributed by atoms with Crippen LogP contribution in [0.25, 0.3) is 0 Å². The first-order chi connectivity index (χ1) is 9.66. The van der Waals surface area contributed by atoms with Crippen LogP contribution in [0.3, 0.4) is 0 Å². The number of nitrogens with one attached hydrogen (secondary N) is 1. The average Bonchev–Trinajstić information content (AvgIpc) is 3.30. The standard InChI is InChI=1S/C16H27N3O/c1-3-15-9-20-12(2)8-19(15)11-16(10-17,13-4-5-13)18-14-6-7-14/h12-15,18H,3-9,11H2,1-2H3. The van der Waals surface area contributed by atoms with E-state index in [4.69, 9.17) is 4.74 Å². The maximum Gasteiger partial charge on any atom is 0.122 e. The van der Waals surface area contributed by atoms with Crippen molar-refractivity contribution in [2.75, 3.05) is 19.7 Å². The molecule has 3 unspecified atom stereocenters. The van der Waals surface area contributed by atoms with Crippen LogP contribution in [0.4, 0.5) is 0 Å². The minimum atomic E-state index is -0.314. The Bertz CT molecular complexity index is 386. The second kappa shape index (κ2) is 5.63. The normalized spacial score (nSPS) is 34.5. The van der Waals surface area contributed by atoms with Gasteiger partial charge >= 0.3 is 0 Å². The van der Waals surface area contributed by atoms with Crippen molar-refractivity contribution in [3.05, 3.63) is 0 Å². The summed E-state index contributed by atoms with van der Waals surface area (Å²) in [5.41, 5.74) is -0.314. The maximum atomic E-state index is 9.85. The molecule has 3 rings (SSSR count). The summed E-state index contributed by atoms with van der Waals surface area (Å²) in [6.07, 6.45) is 6.30. The van der Waals surface area contributed by atoms with Gasteiger partial charge in [0.05, 0.1) is 18.8 Å². The molecule has 3 fully saturated rings. The summed E-state index contributed by atoms with van der Waals surface area (Å²) in [6, 6.07) is 3.72. The van der Waals surface area contributed by atoms with Crippen LogP contribution in [-0.2, 0) is 4.74 Å². The van der Waals surface area contributed by atoms with Crippen molar-refractivity contribution in [2.24, 2.45) is 5.92 Å². The summed E-state index contributed by atoms with van der Waals surface area (Å²) >= 11 is 0. The molecule has 0 aromatic rings.